The first kappa shape index (κ1) is 19.7. The molecule has 0 saturated carbocycles. The van der Waals surface area contributed by atoms with E-state index in [1.165, 1.54) is 12.1 Å². The van der Waals surface area contributed by atoms with E-state index in [1.54, 1.807) is 11.0 Å². The average Bonchev–Trinajstić information content (AvgIpc) is 3.05. The van der Waals surface area contributed by atoms with Crippen LogP contribution < -0.4 is 0 Å². The summed E-state index contributed by atoms with van der Waals surface area (Å²) in [5.74, 6) is -1.50. The molecule has 138 valence electrons. The zero-order valence-electron chi connectivity index (χ0n) is 14.1. The number of amides is 1. The average molecular weight is 371 g/mol. The summed E-state index contributed by atoms with van der Waals surface area (Å²) in [6.07, 6.45) is 2.31. The lowest BCUT2D eigenvalue weighted by Gasteiger charge is -2.34. The molecular weight excluding hydrogens is 347 g/mol. The summed E-state index contributed by atoms with van der Waals surface area (Å²) in [7, 11) is 0. The van der Waals surface area contributed by atoms with Crippen LogP contribution in [0.3, 0.4) is 0 Å². The van der Waals surface area contributed by atoms with Crippen molar-refractivity contribution >= 4 is 24.3 Å². The zero-order chi connectivity index (χ0) is 17.1. The highest BCUT2D eigenvalue weighted by molar-refractivity contribution is 5.85. The first-order valence-electron chi connectivity index (χ1n) is 8.51. The number of carboxylic acid groups (broad SMARTS) is 1. The Kier molecular flexibility index (Phi) is 6.79. The van der Waals surface area contributed by atoms with Crippen molar-refractivity contribution < 1.29 is 19.1 Å². The second-order valence-electron chi connectivity index (χ2n) is 6.81. The maximum Gasteiger partial charge on any atom is 0.308 e. The minimum atomic E-state index is -0.818. The van der Waals surface area contributed by atoms with Crippen molar-refractivity contribution in [3.05, 3.63) is 35.6 Å². The number of hydrogen-bond donors (Lipinski definition) is 1. The molecule has 1 N–H and O–H groups in total. The molecule has 25 heavy (non-hydrogen) atoms. The van der Waals surface area contributed by atoms with Gasteiger partial charge in [0.1, 0.15) is 5.82 Å². The molecule has 0 radical (unpaired) electrons. The molecule has 2 aliphatic rings. The molecule has 3 rings (SSSR count). The highest BCUT2D eigenvalue weighted by Crippen LogP contribution is 2.24. The van der Waals surface area contributed by atoms with Gasteiger partial charge in [-0.15, -0.1) is 12.4 Å². The largest absolute Gasteiger partial charge is 0.481 e. The molecule has 2 fully saturated rings. The van der Waals surface area contributed by atoms with Crippen LogP contribution in [-0.2, 0) is 16.1 Å². The van der Waals surface area contributed by atoms with Gasteiger partial charge in [0.15, 0.2) is 0 Å². The van der Waals surface area contributed by atoms with E-state index in [0.717, 1.165) is 24.9 Å². The third kappa shape index (κ3) is 4.92. The van der Waals surface area contributed by atoms with Gasteiger partial charge in [0.2, 0.25) is 5.91 Å². The SMILES string of the molecule is Cl.O=C(O)C1CCN(C(=O)C2CCCN(Cc3cccc(F)c3)C2)C1. The fourth-order valence-electron chi connectivity index (χ4n) is 3.71. The Labute approximate surface area is 153 Å². The molecule has 0 spiro atoms. The van der Waals surface area contributed by atoms with Gasteiger partial charge in [0.05, 0.1) is 11.8 Å². The van der Waals surface area contributed by atoms with Gasteiger partial charge in [-0.3, -0.25) is 14.5 Å². The van der Waals surface area contributed by atoms with E-state index in [-0.39, 0.29) is 30.0 Å². The first-order chi connectivity index (χ1) is 11.5. The molecule has 5 nitrogen and oxygen atoms in total. The molecule has 1 aromatic carbocycles. The van der Waals surface area contributed by atoms with Crippen LogP contribution in [0.1, 0.15) is 24.8 Å². The minimum absolute atomic E-state index is 0. The number of carbonyl (C=O) groups excluding carboxylic acids is 1. The molecule has 1 aromatic rings. The topological polar surface area (TPSA) is 60.9 Å². The second kappa shape index (κ2) is 8.63. The van der Waals surface area contributed by atoms with E-state index < -0.39 is 11.9 Å². The van der Waals surface area contributed by atoms with Crippen LogP contribution in [0.5, 0.6) is 0 Å². The molecule has 1 amide bonds. The normalized spacial score (nSPS) is 24.0. The van der Waals surface area contributed by atoms with E-state index in [9.17, 15) is 14.0 Å². The van der Waals surface area contributed by atoms with Crippen molar-refractivity contribution in [1.82, 2.24) is 9.80 Å². The maximum absolute atomic E-state index is 13.3. The quantitative estimate of drug-likeness (QED) is 0.884. The van der Waals surface area contributed by atoms with Crippen molar-refractivity contribution in [1.29, 1.82) is 0 Å². The first-order valence-corrected chi connectivity index (χ1v) is 8.51. The third-order valence-electron chi connectivity index (χ3n) is 5.00. The molecule has 2 unspecified atom stereocenters. The molecule has 2 aliphatic heterocycles. The van der Waals surface area contributed by atoms with Gasteiger partial charge in [-0.2, -0.15) is 0 Å². The van der Waals surface area contributed by atoms with Crippen LogP contribution in [0.15, 0.2) is 24.3 Å². The molecule has 7 heteroatoms. The summed E-state index contributed by atoms with van der Waals surface area (Å²) in [6, 6.07) is 6.56. The molecule has 0 aromatic heterocycles. The molecule has 2 saturated heterocycles. The number of hydrogen-bond acceptors (Lipinski definition) is 3. The van der Waals surface area contributed by atoms with Gasteiger partial charge < -0.3 is 10.0 Å². The number of nitrogens with zero attached hydrogens (tertiary/aromatic N) is 2. The monoisotopic (exact) mass is 370 g/mol. The Morgan fingerprint density at radius 3 is 2.64 bits per heavy atom. The van der Waals surface area contributed by atoms with Gasteiger partial charge >= 0.3 is 5.97 Å². The highest BCUT2D eigenvalue weighted by Gasteiger charge is 2.35. The number of carbonyl (C=O) groups is 2. The van der Waals surface area contributed by atoms with Crippen molar-refractivity contribution in [2.45, 2.75) is 25.8 Å². The minimum Gasteiger partial charge on any atom is -0.481 e. The van der Waals surface area contributed by atoms with Crippen LogP contribution in [0.25, 0.3) is 0 Å². The van der Waals surface area contributed by atoms with E-state index >= 15 is 0 Å². The number of piperidine rings is 1. The Morgan fingerprint density at radius 2 is 1.96 bits per heavy atom. The molecular formula is C18H24ClFN2O3. The maximum atomic E-state index is 13.3. The Morgan fingerprint density at radius 1 is 1.16 bits per heavy atom. The Hall–Kier alpha value is -1.66. The number of benzene rings is 1. The lowest BCUT2D eigenvalue weighted by atomic mass is 9.96. The summed E-state index contributed by atoms with van der Waals surface area (Å²) < 4.78 is 13.3. The third-order valence-corrected chi connectivity index (χ3v) is 5.00. The lowest BCUT2D eigenvalue weighted by Crippen LogP contribution is -2.44. The fraction of sp³-hybridized carbons (Fsp3) is 0.556. The standard InChI is InChI=1S/C18H23FN2O3.ClH/c19-16-5-1-3-13(9-16)10-20-7-2-4-14(11-20)17(22)21-8-6-15(12-21)18(23)24;/h1,3,5,9,14-15H,2,4,6-8,10-12H2,(H,23,24);1H. The molecule has 2 atom stereocenters. The van der Waals surface area contributed by atoms with E-state index in [0.29, 0.717) is 32.6 Å². The lowest BCUT2D eigenvalue weighted by molar-refractivity contribution is -0.142. The van der Waals surface area contributed by atoms with E-state index in [2.05, 4.69) is 4.90 Å². The van der Waals surface area contributed by atoms with Crippen LogP contribution in [-0.4, -0.2) is 53.0 Å². The van der Waals surface area contributed by atoms with Gasteiger partial charge in [-0.25, -0.2) is 4.39 Å². The van der Waals surface area contributed by atoms with Crippen molar-refractivity contribution in [2.24, 2.45) is 11.8 Å². The Balaban J connectivity index is 0.00000225. The van der Waals surface area contributed by atoms with E-state index in [4.69, 9.17) is 5.11 Å². The number of halogens is 2. The molecule has 0 bridgehead atoms. The van der Waals surface area contributed by atoms with Gasteiger partial charge in [0.25, 0.3) is 0 Å². The van der Waals surface area contributed by atoms with Crippen molar-refractivity contribution in [2.75, 3.05) is 26.2 Å². The number of aliphatic carboxylic acids is 1. The smallest absolute Gasteiger partial charge is 0.308 e. The number of rotatable bonds is 4. The number of likely N-dealkylation sites (tertiary alicyclic amines) is 2. The summed E-state index contributed by atoms with van der Waals surface area (Å²) in [5, 5.41) is 9.07. The summed E-state index contributed by atoms with van der Waals surface area (Å²) in [5.41, 5.74) is 0.912. The highest BCUT2D eigenvalue weighted by atomic mass is 35.5. The predicted octanol–water partition coefficient (Wildman–Crippen LogP) is 2.39. The number of carboxylic acids is 1. The zero-order valence-corrected chi connectivity index (χ0v) is 14.9. The fourth-order valence-corrected chi connectivity index (χ4v) is 3.71. The van der Waals surface area contributed by atoms with Gasteiger partial charge in [0, 0.05) is 26.2 Å². The predicted molar refractivity (Wildman–Crippen MR) is 94.0 cm³/mol. The second-order valence-corrected chi connectivity index (χ2v) is 6.81. The van der Waals surface area contributed by atoms with Crippen LogP contribution in [0, 0.1) is 17.7 Å². The van der Waals surface area contributed by atoms with Gasteiger partial charge in [-0.1, -0.05) is 12.1 Å². The summed E-state index contributed by atoms with van der Waals surface area (Å²) in [4.78, 5) is 27.6. The Bertz CT molecular complexity index is 628. The van der Waals surface area contributed by atoms with E-state index in [1.807, 2.05) is 6.07 Å². The summed E-state index contributed by atoms with van der Waals surface area (Å²) >= 11 is 0. The van der Waals surface area contributed by atoms with Gasteiger partial charge in [-0.05, 0) is 43.5 Å². The van der Waals surface area contributed by atoms with Crippen molar-refractivity contribution in [3.63, 3.8) is 0 Å². The van der Waals surface area contributed by atoms with Crippen molar-refractivity contribution in [3.8, 4) is 0 Å². The van der Waals surface area contributed by atoms with Crippen LogP contribution in [0.2, 0.25) is 0 Å². The van der Waals surface area contributed by atoms with Crippen LogP contribution in [0.4, 0.5) is 4.39 Å². The molecule has 0 aliphatic carbocycles. The molecule has 2 heterocycles. The summed E-state index contributed by atoms with van der Waals surface area (Å²) in [6.45, 7) is 3.06. The van der Waals surface area contributed by atoms with Crippen LogP contribution >= 0.6 is 12.4 Å².